The SMILES string of the molecule is COCCCN1C(=O)/C(=C\c2c(N3CCOCC3)nc3ccccn3c2=O)SC1=S. The minimum Gasteiger partial charge on any atom is -0.385 e. The molecule has 158 valence electrons. The highest BCUT2D eigenvalue weighted by Crippen LogP contribution is 2.33. The number of fused-ring (bicyclic) bond motifs is 1. The Labute approximate surface area is 183 Å². The van der Waals surface area contributed by atoms with E-state index in [-0.39, 0.29) is 11.5 Å². The van der Waals surface area contributed by atoms with Gasteiger partial charge in [-0.3, -0.25) is 18.9 Å². The first-order chi connectivity index (χ1) is 14.6. The zero-order valence-electron chi connectivity index (χ0n) is 16.6. The summed E-state index contributed by atoms with van der Waals surface area (Å²) in [5.41, 5.74) is 0.734. The van der Waals surface area contributed by atoms with Gasteiger partial charge in [0.2, 0.25) is 0 Å². The number of aromatic nitrogens is 2. The van der Waals surface area contributed by atoms with Crippen molar-refractivity contribution in [1.29, 1.82) is 0 Å². The highest BCUT2D eigenvalue weighted by atomic mass is 32.2. The van der Waals surface area contributed by atoms with Crippen LogP contribution in [0.15, 0.2) is 34.1 Å². The van der Waals surface area contributed by atoms with Crippen molar-refractivity contribution < 1.29 is 14.3 Å². The third kappa shape index (κ3) is 4.13. The van der Waals surface area contributed by atoms with E-state index in [1.807, 2.05) is 11.0 Å². The van der Waals surface area contributed by atoms with Gasteiger partial charge in [-0.05, 0) is 24.6 Å². The molecule has 0 aromatic carbocycles. The predicted molar refractivity (Wildman–Crippen MR) is 121 cm³/mol. The van der Waals surface area contributed by atoms with Gasteiger partial charge in [0, 0.05) is 39.5 Å². The Morgan fingerprint density at radius 1 is 1.30 bits per heavy atom. The molecule has 4 rings (SSSR count). The predicted octanol–water partition coefficient (Wildman–Crippen LogP) is 1.77. The smallest absolute Gasteiger partial charge is 0.267 e. The lowest BCUT2D eigenvalue weighted by atomic mass is 10.2. The van der Waals surface area contributed by atoms with Gasteiger partial charge in [0.25, 0.3) is 11.5 Å². The highest BCUT2D eigenvalue weighted by molar-refractivity contribution is 8.26. The second-order valence-electron chi connectivity index (χ2n) is 6.86. The van der Waals surface area contributed by atoms with Crippen LogP contribution < -0.4 is 10.5 Å². The van der Waals surface area contributed by atoms with Crippen molar-refractivity contribution in [3.8, 4) is 0 Å². The number of thioether (sulfide) groups is 1. The van der Waals surface area contributed by atoms with E-state index in [0.29, 0.717) is 72.1 Å². The molecule has 0 aliphatic carbocycles. The van der Waals surface area contributed by atoms with E-state index in [2.05, 4.69) is 0 Å². The van der Waals surface area contributed by atoms with Crippen LogP contribution in [0.3, 0.4) is 0 Å². The molecule has 2 aromatic rings. The molecule has 0 unspecified atom stereocenters. The van der Waals surface area contributed by atoms with Crippen LogP contribution in [0, 0.1) is 0 Å². The van der Waals surface area contributed by atoms with Crippen molar-refractivity contribution in [2.75, 3.05) is 51.5 Å². The molecule has 0 N–H and O–H groups in total. The average Bonchev–Trinajstić information content (AvgIpc) is 3.03. The van der Waals surface area contributed by atoms with E-state index in [1.165, 1.54) is 16.2 Å². The Bertz CT molecular complexity index is 1060. The molecule has 30 heavy (non-hydrogen) atoms. The molecule has 4 heterocycles. The summed E-state index contributed by atoms with van der Waals surface area (Å²) in [6.07, 6.45) is 4.01. The summed E-state index contributed by atoms with van der Waals surface area (Å²) in [4.78, 5) is 35.0. The van der Waals surface area contributed by atoms with Gasteiger partial charge in [-0.25, -0.2) is 4.98 Å². The summed E-state index contributed by atoms with van der Waals surface area (Å²) < 4.78 is 12.5. The number of rotatable bonds is 6. The molecule has 2 aromatic heterocycles. The van der Waals surface area contributed by atoms with Crippen LogP contribution in [0.2, 0.25) is 0 Å². The molecule has 0 atom stereocenters. The van der Waals surface area contributed by atoms with Gasteiger partial charge in [0.05, 0.1) is 23.7 Å². The molecular formula is C20H22N4O4S2. The second kappa shape index (κ2) is 9.25. The van der Waals surface area contributed by atoms with Crippen LogP contribution in [0.4, 0.5) is 5.82 Å². The maximum atomic E-state index is 13.3. The van der Waals surface area contributed by atoms with E-state index < -0.39 is 0 Å². The van der Waals surface area contributed by atoms with Crippen molar-refractivity contribution in [2.24, 2.45) is 0 Å². The lowest BCUT2D eigenvalue weighted by Gasteiger charge is -2.29. The first kappa shape index (κ1) is 21.0. The lowest BCUT2D eigenvalue weighted by molar-refractivity contribution is -0.122. The maximum absolute atomic E-state index is 13.3. The summed E-state index contributed by atoms with van der Waals surface area (Å²) in [6, 6.07) is 5.42. The number of hydrogen-bond acceptors (Lipinski definition) is 8. The first-order valence-electron chi connectivity index (χ1n) is 9.68. The van der Waals surface area contributed by atoms with Gasteiger partial charge in [-0.15, -0.1) is 0 Å². The van der Waals surface area contributed by atoms with Crippen LogP contribution in [-0.2, 0) is 14.3 Å². The summed E-state index contributed by atoms with van der Waals surface area (Å²) in [7, 11) is 1.62. The van der Waals surface area contributed by atoms with Gasteiger partial charge in [0.1, 0.15) is 15.8 Å². The molecule has 2 aliphatic rings. The van der Waals surface area contributed by atoms with Gasteiger partial charge in [0.15, 0.2) is 0 Å². The van der Waals surface area contributed by atoms with E-state index >= 15 is 0 Å². The van der Waals surface area contributed by atoms with Crippen molar-refractivity contribution in [3.63, 3.8) is 0 Å². The largest absolute Gasteiger partial charge is 0.385 e. The molecule has 2 fully saturated rings. The number of amides is 1. The number of nitrogens with zero attached hydrogens (tertiary/aromatic N) is 4. The fourth-order valence-corrected chi connectivity index (χ4v) is 4.71. The summed E-state index contributed by atoms with van der Waals surface area (Å²) in [6.45, 7) is 3.44. The molecule has 10 heteroatoms. The number of thiocarbonyl (C=S) groups is 1. The summed E-state index contributed by atoms with van der Waals surface area (Å²) >= 11 is 6.60. The molecule has 0 bridgehead atoms. The number of carbonyl (C=O) groups excluding carboxylic acids is 1. The van der Waals surface area contributed by atoms with E-state index in [1.54, 1.807) is 36.4 Å². The van der Waals surface area contributed by atoms with Crippen LogP contribution in [0.25, 0.3) is 11.7 Å². The third-order valence-corrected chi connectivity index (χ3v) is 6.32. The van der Waals surface area contributed by atoms with Crippen molar-refractivity contribution in [2.45, 2.75) is 6.42 Å². The van der Waals surface area contributed by atoms with Crippen LogP contribution in [-0.4, -0.2) is 71.1 Å². The van der Waals surface area contributed by atoms with Crippen LogP contribution in [0.1, 0.15) is 12.0 Å². The monoisotopic (exact) mass is 446 g/mol. The summed E-state index contributed by atoms with van der Waals surface area (Å²) in [5, 5.41) is 0. The fraction of sp³-hybridized carbons (Fsp3) is 0.400. The van der Waals surface area contributed by atoms with Crippen molar-refractivity contribution in [1.82, 2.24) is 14.3 Å². The number of pyridine rings is 1. The maximum Gasteiger partial charge on any atom is 0.267 e. The van der Waals surface area contributed by atoms with Crippen molar-refractivity contribution in [3.05, 3.63) is 45.2 Å². The van der Waals surface area contributed by atoms with Gasteiger partial charge in [-0.1, -0.05) is 30.0 Å². The molecule has 0 radical (unpaired) electrons. The Kier molecular flexibility index (Phi) is 6.47. The number of methoxy groups -OCH3 is 1. The minimum atomic E-state index is -0.216. The van der Waals surface area contributed by atoms with E-state index in [9.17, 15) is 9.59 Å². The normalized spacial score (nSPS) is 18.8. The third-order valence-electron chi connectivity index (χ3n) is 4.94. The Hall–Kier alpha value is -2.27. The fourth-order valence-electron chi connectivity index (χ4n) is 3.42. The number of carbonyl (C=O) groups is 1. The Morgan fingerprint density at radius 3 is 2.87 bits per heavy atom. The molecule has 2 saturated heterocycles. The lowest BCUT2D eigenvalue weighted by Crippen LogP contribution is -2.38. The van der Waals surface area contributed by atoms with Crippen LogP contribution >= 0.6 is 24.0 Å². The summed E-state index contributed by atoms with van der Waals surface area (Å²) in [5.74, 6) is 0.380. The minimum absolute atomic E-state index is 0.188. The van der Waals surface area contributed by atoms with E-state index in [4.69, 9.17) is 26.7 Å². The molecule has 0 spiro atoms. The zero-order chi connectivity index (χ0) is 21.1. The standard InChI is InChI=1S/C20H22N4O4S2/c1-27-10-4-7-24-19(26)15(30-20(24)29)13-14-17(22-8-11-28-12-9-22)21-16-5-2-3-6-23(16)18(14)25/h2-3,5-6,13H,4,7-12H2,1H3/b15-13+. The van der Waals surface area contributed by atoms with Gasteiger partial charge in [-0.2, -0.15) is 0 Å². The molecule has 2 aliphatic heterocycles. The van der Waals surface area contributed by atoms with Crippen LogP contribution in [0.5, 0.6) is 0 Å². The topological polar surface area (TPSA) is 76.4 Å². The molecular weight excluding hydrogens is 424 g/mol. The Balaban J connectivity index is 1.76. The number of hydrogen-bond donors (Lipinski definition) is 0. The van der Waals surface area contributed by atoms with Gasteiger partial charge >= 0.3 is 0 Å². The quantitative estimate of drug-likeness (QED) is 0.378. The van der Waals surface area contributed by atoms with E-state index in [0.717, 1.165) is 0 Å². The number of morpholine rings is 1. The number of anilines is 1. The molecule has 1 amide bonds. The molecule has 8 nitrogen and oxygen atoms in total. The Morgan fingerprint density at radius 2 is 2.10 bits per heavy atom. The van der Waals surface area contributed by atoms with Gasteiger partial charge < -0.3 is 14.4 Å². The van der Waals surface area contributed by atoms with Crippen molar-refractivity contribution >= 4 is 51.7 Å². The average molecular weight is 447 g/mol. The molecule has 0 saturated carbocycles. The zero-order valence-corrected chi connectivity index (χ0v) is 18.2. The second-order valence-corrected chi connectivity index (χ2v) is 8.54. The highest BCUT2D eigenvalue weighted by Gasteiger charge is 2.32. The number of ether oxygens (including phenoxy) is 2. The first-order valence-corrected chi connectivity index (χ1v) is 10.9.